The molecule has 0 amide bonds. The third-order valence-electron chi connectivity index (χ3n) is 3.72. The Morgan fingerprint density at radius 1 is 1.26 bits per heavy atom. The van der Waals surface area contributed by atoms with Crippen LogP contribution < -0.4 is 5.32 Å². The first-order chi connectivity index (χ1) is 11.1. The van der Waals surface area contributed by atoms with Crippen LogP contribution in [0.25, 0.3) is 11.1 Å². The minimum Gasteiger partial charge on any atom is -0.763 e. The van der Waals surface area contributed by atoms with E-state index in [0.29, 0.717) is 27.6 Å². The van der Waals surface area contributed by atoms with Crippen molar-refractivity contribution in [3.63, 3.8) is 0 Å². The first-order valence-electron chi connectivity index (χ1n) is 7.05. The molecular formula is C18H13N2O2S-. The van der Waals surface area contributed by atoms with Gasteiger partial charge in [-0.3, -0.25) is 10.7 Å². The maximum atomic E-state index is 12.4. The van der Waals surface area contributed by atoms with E-state index in [4.69, 9.17) is 16.6 Å². The van der Waals surface area contributed by atoms with Gasteiger partial charge in [0.25, 0.3) is 0 Å². The summed E-state index contributed by atoms with van der Waals surface area (Å²) in [5.74, 6) is 1.93. The quantitative estimate of drug-likeness (QED) is 0.534. The Morgan fingerprint density at radius 2 is 2.00 bits per heavy atom. The predicted octanol–water partition coefficient (Wildman–Crippen LogP) is 3.46. The van der Waals surface area contributed by atoms with Crippen LogP contribution in [-0.4, -0.2) is 16.6 Å². The van der Waals surface area contributed by atoms with E-state index < -0.39 is 5.92 Å². The number of carbonyl (C=O) groups is 1. The van der Waals surface area contributed by atoms with Gasteiger partial charge in [-0.05, 0) is 24.6 Å². The highest BCUT2D eigenvalue weighted by molar-refractivity contribution is 7.80. The van der Waals surface area contributed by atoms with Gasteiger partial charge < -0.3 is 15.1 Å². The molecule has 114 valence electrons. The van der Waals surface area contributed by atoms with Gasteiger partial charge in [0.15, 0.2) is 5.78 Å². The van der Waals surface area contributed by atoms with Crippen molar-refractivity contribution in [1.29, 1.82) is 0 Å². The molecule has 0 saturated carbocycles. The topological polar surface area (TPSA) is 64.5 Å². The third-order valence-corrected chi connectivity index (χ3v) is 4.04. The molecular weight excluding hydrogens is 308 g/mol. The fourth-order valence-corrected chi connectivity index (χ4v) is 3.00. The summed E-state index contributed by atoms with van der Waals surface area (Å²) in [5, 5.41) is 12.5. The van der Waals surface area contributed by atoms with E-state index in [9.17, 15) is 10.2 Å². The molecule has 4 nitrogen and oxygen atoms in total. The van der Waals surface area contributed by atoms with Gasteiger partial charge in [-0.25, -0.2) is 0 Å². The number of thiocarbonyl (C=S) groups is 1. The molecule has 1 N–H and O–H groups in total. The summed E-state index contributed by atoms with van der Waals surface area (Å²) in [7, 11) is 0. The number of nitrogens with one attached hydrogen (secondary N) is 1. The van der Waals surface area contributed by atoms with Crippen molar-refractivity contribution in [1.82, 2.24) is 5.32 Å². The second-order valence-corrected chi connectivity index (χ2v) is 5.55. The summed E-state index contributed by atoms with van der Waals surface area (Å²) in [6, 6.07) is 12.9. The summed E-state index contributed by atoms with van der Waals surface area (Å²) < 4.78 is 5.47. The molecule has 1 aromatic heterocycles. The average molecular weight is 321 g/mol. The summed E-state index contributed by atoms with van der Waals surface area (Å²) in [6.45, 7) is 1.49. The molecule has 1 atom stereocenters. The number of carbonyl (C=O) groups excluding carboxylic acids is 1. The van der Waals surface area contributed by atoms with Crippen molar-refractivity contribution in [3.05, 3.63) is 76.6 Å². The minimum absolute atomic E-state index is 0.131. The molecule has 0 saturated heterocycles. The molecule has 1 aliphatic rings. The van der Waals surface area contributed by atoms with Crippen LogP contribution in [0.5, 0.6) is 0 Å². The van der Waals surface area contributed by atoms with Crippen LogP contribution >= 0.6 is 12.2 Å². The Morgan fingerprint density at radius 3 is 2.57 bits per heavy atom. The molecule has 0 aliphatic carbocycles. The van der Waals surface area contributed by atoms with E-state index in [1.165, 1.54) is 13.2 Å². The van der Waals surface area contributed by atoms with Crippen molar-refractivity contribution in [3.8, 4) is 0 Å². The fraction of sp³-hybridized carbons (Fsp3) is 0.111. The van der Waals surface area contributed by atoms with E-state index in [2.05, 4.69) is 11.2 Å². The number of nitrogens with zero attached hydrogens (tertiary/aromatic N) is 1. The van der Waals surface area contributed by atoms with E-state index in [1.807, 2.05) is 30.3 Å². The van der Waals surface area contributed by atoms with E-state index in [-0.39, 0.29) is 5.78 Å². The number of hydrogen-bond donors (Lipinski definition) is 1. The Bertz CT molecular complexity index is 844. The van der Waals surface area contributed by atoms with Crippen molar-refractivity contribution in [2.24, 2.45) is 0 Å². The molecule has 0 spiro atoms. The summed E-state index contributed by atoms with van der Waals surface area (Å²) in [4.78, 5) is 12.7. The molecule has 3 rings (SSSR count). The van der Waals surface area contributed by atoms with Gasteiger partial charge in [0.05, 0.1) is 17.9 Å². The number of furan rings is 1. The lowest BCUT2D eigenvalue weighted by Gasteiger charge is -2.30. The van der Waals surface area contributed by atoms with Crippen LogP contribution in [0, 0.1) is 0 Å². The zero-order valence-corrected chi connectivity index (χ0v) is 13.2. The lowest BCUT2D eigenvalue weighted by atomic mass is 9.81. The lowest BCUT2D eigenvalue weighted by Crippen LogP contribution is -2.34. The smallest absolute Gasteiger partial charge is 0.159 e. The SMILES string of the molecule is CC(=O)C1=C(c2ccccc2)NC(=S)C(=C=[N-])C1c1ccco1. The van der Waals surface area contributed by atoms with Gasteiger partial charge >= 0.3 is 0 Å². The first kappa shape index (κ1) is 15.2. The van der Waals surface area contributed by atoms with Gasteiger partial charge in [0, 0.05) is 11.1 Å². The molecule has 0 bridgehead atoms. The van der Waals surface area contributed by atoms with Crippen LogP contribution in [0.2, 0.25) is 0 Å². The molecule has 23 heavy (non-hydrogen) atoms. The highest BCUT2D eigenvalue weighted by Gasteiger charge is 2.35. The number of ketones is 1. The predicted molar refractivity (Wildman–Crippen MR) is 93.1 cm³/mol. The molecule has 1 unspecified atom stereocenters. The van der Waals surface area contributed by atoms with Gasteiger partial charge in [-0.1, -0.05) is 42.5 Å². The number of rotatable bonds is 3. The van der Waals surface area contributed by atoms with Gasteiger partial charge in [0.1, 0.15) is 10.7 Å². The largest absolute Gasteiger partial charge is 0.763 e. The van der Waals surface area contributed by atoms with Crippen LogP contribution in [0.15, 0.2) is 64.3 Å². The lowest BCUT2D eigenvalue weighted by molar-refractivity contribution is -0.113. The van der Waals surface area contributed by atoms with Gasteiger partial charge in [-0.15, -0.1) is 0 Å². The van der Waals surface area contributed by atoms with Gasteiger partial charge in [0.2, 0.25) is 0 Å². The average Bonchev–Trinajstić information content (AvgIpc) is 3.08. The highest BCUT2D eigenvalue weighted by Crippen LogP contribution is 2.39. The Kier molecular flexibility index (Phi) is 4.06. The van der Waals surface area contributed by atoms with E-state index >= 15 is 0 Å². The Balaban J connectivity index is 2.30. The second-order valence-electron chi connectivity index (χ2n) is 5.14. The van der Waals surface area contributed by atoms with Crippen molar-refractivity contribution in [2.45, 2.75) is 12.8 Å². The van der Waals surface area contributed by atoms with Crippen molar-refractivity contribution < 1.29 is 9.21 Å². The molecule has 0 radical (unpaired) electrons. The van der Waals surface area contributed by atoms with Gasteiger partial charge in [-0.2, -0.15) is 0 Å². The fourth-order valence-electron chi connectivity index (χ4n) is 2.74. The van der Waals surface area contributed by atoms with Crippen LogP contribution in [0.1, 0.15) is 24.2 Å². The molecule has 2 aromatic rings. The van der Waals surface area contributed by atoms with Crippen LogP contribution in [-0.2, 0) is 4.79 Å². The van der Waals surface area contributed by atoms with Crippen LogP contribution in [0.3, 0.4) is 0 Å². The maximum absolute atomic E-state index is 12.4. The maximum Gasteiger partial charge on any atom is 0.159 e. The zero-order valence-electron chi connectivity index (χ0n) is 12.4. The number of benzene rings is 1. The second kappa shape index (κ2) is 6.16. The Labute approximate surface area is 139 Å². The monoisotopic (exact) mass is 321 g/mol. The number of hydrogen-bond acceptors (Lipinski definition) is 3. The normalized spacial score (nSPS) is 17.7. The highest BCUT2D eigenvalue weighted by atomic mass is 32.1. The van der Waals surface area contributed by atoms with E-state index in [1.54, 1.807) is 12.1 Å². The summed E-state index contributed by atoms with van der Waals surface area (Å²) in [6.07, 6.45) is 1.52. The van der Waals surface area contributed by atoms with Crippen molar-refractivity contribution >= 4 is 34.6 Å². The summed E-state index contributed by atoms with van der Waals surface area (Å²) in [5.41, 5.74) is 2.27. The standard InChI is InChI=1S/C18H13N2O2S/c1-11(21)15-16(14-8-5-9-22-14)13(10-19)18(23)20-17(15)12-6-3-2-4-7-12/h2-9,16H,1H3,(H,20,23)/q-1. The zero-order chi connectivity index (χ0) is 16.4. The number of Topliss-reactive ketones (excluding diaryl/α,β-unsaturated/α-hetero) is 1. The third kappa shape index (κ3) is 2.68. The molecule has 0 fully saturated rings. The van der Waals surface area contributed by atoms with Crippen molar-refractivity contribution in [2.75, 3.05) is 0 Å². The van der Waals surface area contributed by atoms with E-state index in [0.717, 1.165) is 5.56 Å². The molecule has 1 aliphatic heterocycles. The van der Waals surface area contributed by atoms with Crippen LogP contribution in [0.4, 0.5) is 0 Å². The molecule has 2 heterocycles. The number of allylic oxidation sites excluding steroid dienone is 1. The minimum atomic E-state index is -0.587. The summed E-state index contributed by atoms with van der Waals surface area (Å²) >= 11 is 5.34. The first-order valence-corrected chi connectivity index (χ1v) is 7.46. The molecule has 1 aromatic carbocycles. The molecule has 5 heteroatoms. The Hall–Kier alpha value is -2.75.